The summed E-state index contributed by atoms with van der Waals surface area (Å²) in [7, 11) is 0. The molecule has 0 bridgehead atoms. The summed E-state index contributed by atoms with van der Waals surface area (Å²) in [6.45, 7) is 5.66. The van der Waals surface area contributed by atoms with Crippen LogP contribution in [0.1, 0.15) is 38.7 Å². The van der Waals surface area contributed by atoms with Crippen molar-refractivity contribution in [2.24, 2.45) is 0 Å². The maximum absolute atomic E-state index is 13.4. The van der Waals surface area contributed by atoms with Crippen LogP contribution in [-0.4, -0.2) is 20.3 Å². The number of benzene rings is 1. The highest BCUT2D eigenvalue weighted by Crippen LogP contribution is 2.33. The van der Waals surface area contributed by atoms with E-state index in [0.29, 0.717) is 34.0 Å². The van der Waals surface area contributed by atoms with Crippen molar-refractivity contribution in [2.45, 2.75) is 38.7 Å². The lowest BCUT2D eigenvalue weighted by Crippen LogP contribution is -2.40. The Morgan fingerprint density at radius 2 is 2.00 bits per heavy atom. The molecule has 0 amide bonds. The minimum atomic E-state index is -0.598. The number of fused-ring (bicyclic) bond motifs is 1. The molecule has 0 saturated heterocycles. The van der Waals surface area contributed by atoms with Crippen LogP contribution in [0.25, 0.3) is 11.0 Å². The number of halogens is 1. The summed E-state index contributed by atoms with van der Waals surface area (Å²) in [6.07, 6.45) is 8.06. The monoisotopic (exact) mass is 422 g/mol. The van der Waals surface area contributed by atoms with Gasteiger partial charge < -0.3 is 10.2 Å². The van der Waals surface area contributed by atoms with Gasteiger partial charge >= 0.3 is 0 Å². The number of aromatic nitrogens is 3. The van der Waals surface area contributed by atoms with E-state index in [2.05, 4.69) is 15.3 Å². The van der Waals surface area contributed by atoms with Gasteiger partial charge in [-0.15, -0.1) is 4.73 Å². The molecule has 30 heavy (non-hydrogen) atoms. The summed E-state index contributed by atoms with van der Waals surface area (Å²) in [5, 5.41) is 4.48. The molecule has 0 radical (unpaired) electrons. The fourth-order valence-corrected chi connectivity index (χ4v) is 3.57. The van der Waals surface area contributed by atoms with Crippen molar-refractivity contribution in [2.75, 3.05) is 5.32 Å². The Balaban J connectivity index is 1.86. The zero-order valence-electron chi connectivity index (χ0n) is 17.1. The summed E-state index contributed by atoms with van der Waals surface area (Å²) in [5.41, 5.74) is 0.946. The van der Waals surface area contributed by atoms with E-state index >= 15 is 0 Å². The van der Waals surface area contributed by atoms with Crippen LogP contribution in [0.3, 0.4) is 0 Å². The SMILES string of the molecule is CC(C)(C)On1c(=O)c(C2CC=CC=C2Cl)cc2cnc(Nc3ccccc3)nc21. The fraction of sp³-hybridized carbons (Fsp3) is 0.261. The van der Waals surface area contributed by atoms with Crippen molar-refractivity contribution < 1.29 is 4.84 Å². The number of nitrogens with zero attached hydrogens (tertiary/aromatic N) is 3. The Morgan fingerprint density at radius 1 is 1.23 bits per heavy atom. The normalized spacial score (nSPS) is 16.4. The van der Waals surface area contributed by atoms with Gasteiger partial charge in [0.05, 0.1) is 0 Å². The van der Waals surface area contributed by atoms with Gasteiger partial charge in [-0.1, -0.05) is 42.0 Å². The molecule has 154 valence electrons. The summed E-state index contributed by atoms with van der Waals surface area (Å²) in [6, 6.07) is 11.4. The van der Waals surface area contributed by atoms with Gasteiger partial charge in [-0.2, -0.15) is 4.98 Å². The standard InChI is InChI=1S/C23H23ClN4O2/c1-23(2,3)30-28-20-15(13-18(21(28)29)17-11-7-8-12-19(17)24)14-25-22(27-20)26-16-9-5-4-6-10-16/h4-10,12-14,17H,11H2,1-3H3,(H,25,26,27). The molecule has 1 aromatic carbocycles. The lowest BCUT2D eigenvalue weighted by atomic mass is 9.93. The van der Waals surface area contributed by atoms with Crippen LogP contribution in [0.5, 0.6) is 0 Å². The van der Waals surface area contributed by atoms with Gasteiger partial charge in [0.2, 0.25) is 5.95 Å². The molecule has 1 aliphatic rings. The second kappa shape index (κ2) is 7.95. The Labute approximate surface area is 179 Å². The lowest BCUT2D eigenvalue weighted by molar-refractivity contribution is -0.0147. The quantitative estimate of drug-likeness (QED) is 0.645. The van der Waals surface area contributed by atoms with Crippen molar-refractivity contribution in [1.82, 2.24) is 14.7 Å². The second-order valence-electron chi connectivity index (χ2n) is 8.13. The van der Waals surface area contributed by atoms with E-state index in [0.717, 1.165) is 5.69 Å². The van der Waals surface area contributed by atoms with Gasteiger partial charge in [0.15, 0.2) is 5.65 Å². The van der Waals surface area contributed by atoms with E-state index in [4.69, 9.17) is 16.4 Å². The average molecular weight is 423 g/mol. The molecule has 4 rings (SSSR count). The van der Waals surface area contributed by atoms with Gasteiger partial charge in [0.25, 0.3) is 5.56 Å². The highest BCUT2D eigenvalue weighted by atomic mass is 35.5. The zero-order valence-corrected chi connectivity index (χ0v) is 17.8. The maximum atomic E-state index is 13.4. The Bertz CT molecular complexity index is 1190. The Hall–Kier alpha value is -3.12. The van der Waals surface area contributed by atoms with Crippen LogP contribution >= 0.6 is 11.6 Å². The minimum absolute atomic E-state index is 0.217. The highest BCUT2D eigenvalue weighted by Gasteiger charge is 2.25. The topological polar surface area (TPSA) is 69.0 Å². The number of anilines is 2. The van der Waals surface area contributed by atoms with Gasteiger partial charge in [-0.3, -0.25) is 4.79 Å². The smallest absolute Gasteiger partial charge is 0.288 e. The van der Waals surface area contributed by atoms with E-state index in [9.17, 15) is 4.79 Å². The predicted molar refractivity (Wildman–Crippen MR) is 120 cm³/mol. The molecule has 2 heterocycles. The van der Waals surface area contributed by atoms with E-state index < -0.39 is 5.60 Å². The molecule has 6 nitrogen and oxygen atoms in total. The highest BCUT2D eigenvalue weighted by molar-refractivity contribution is 6.30. The minimum Gasteiger partial charge on any atom is -0.403 e. The molecule has 1 atom stereocenters. The second-order valence-corrected chi connectivity index (χ2v) is 8.57. The fourth-order valence-electron chi connectivity index (χ4n) is 3.29. The van der Waals surface area contributed by atoms with Gasteiger partial charge in [0.1, 0.15) is 5.60 Å². The number of para-hydroxylation sites is 1. The molecule has 3 aromatic rings. The third kappa shape index (κ3) is 4.24. The third-order valence-corrected chi connectivity index (χ3v) is 4.99. The number of rotatable bonds is 4. The molecule has 1 unspecified atom stereocenters. The predicted octanol–water partition coefficient (Wildman–Crippen LogP) is 4.93. The first-order valence-corrected chi connectivity index (χ1v) is 10.2. The molecule has 7 heteroatoms. The van der Waals surface area contributed by atoms with E-state index in [1.807, 2.05) is 75.4 Å². The summed E-state index contributed by atoms with van der Waals surface area (Å²) in [5.74, 6) is 0.163. The molecular weight excluding hydrogens is 400 g/mol. The van der Waals surface area contributed by atoms with Crippen molar-refractivity contribution in [3.05, 3.63) is 81.8 Å². The van der Waals surface area contributed by atoms with Crippen LogP contribution in [-0.2, 0) is 0 Å². The number of hydrogen-bond acceptors (Lipinski definition) is 5. The van der Waals surface area contributed by atoms with Crippen molar-refractivity contribution in [1.29, 1.82) is 0 Å². The first kappa shape index (κ1) is 20.2. The van der Waals surface area contributed by atoms with E-state index in [1.54, 1.807) is 6.20 Å². The molecular formula is C23H23ClN4O2. The lowest BCUT2D eigenvalue weighted by Gasteiger charge is -2.25. The Kier molecular flexibility index (Phi) is 5.35. The van der Waals surface area contributed by atoms with Crippen LogP contribution in [0.2, 0.25) is 0 Å². The molecule has 0 aliphatic heterocycles. The van der Waals surface area contributed by atoms with Gasteiger partial charge in [-0.05, 0) is 51.5 Å². The molecule has 2 aromatic heterocycles. The molecule has 0 saturated carbocycles. The van der Waals surface area contributed by atoms with Gasteiger partial charge in [-0.25, -0.2) is 4.98 Å². The number of nitrogens with one attached hydrogen (secondary N) is 1. The number of pyridine rings is 1. The van der Waals surface area contributed by atoms with Gasteiger partial charge in [0, 0.05) is 33.8 Å². The van der Waals surface area contributed by atoms with Crippen LogP contribution in [0, 0.1) is 0 Å². The summed E-state index contributed by atoms with van der Waals surface area (Å²) < 4.78 is 1.27. The van der Waals surface area contributed by atoms with Crippen LogP contribution < -0.4 is 15.7 Å². The first-order valence-electron chi connectivity index (χ1n) is 9.78. The van der Waals surface area contributed by atoms with Crippen LogP contribution in [0.15, 0.2) is 70.6 Å². The van der Waals surface area contributed by atoms with Crippen molar-refractivity contribution in [3.63, 3.8) is 0 Å². The summed E-state index contributed by atoms with van der Waals surface area (Å²) >= 11 is 6.42. The van der Waals surface area contributed by atoms with E-state index in [1.165, 1.54) is 4.73 Å². The van der Waals surface area contributed by atoms with Crippen molar-refractivity contribution >= 4 is 34.3 Å². The molecule has 0 spiro atoms. The zero-order chi connectivity index (χ0) is 21.3. The van der Waals surface area contributed by atoms with Crippen LogP contribution in [0.4, 0.5) is 11.6 Å². The molecule has 1 N–H and O–H groups in total. The Morgan fingerprint density at radius 3 is 2.70 bits per heavy atom. The summed E-state index contributed by atoms with van der Waals surface area (Å²) in [4.78, 5) is 28.4. The largest absolute Gasteiger partial charge is 0.403 e. The molecule has 0 fully saturated rings. The number of hydrogen-bond donors (Lipinski definition) is 1. The molecule has 1 aliphatic carbocycles. The number of allylic oxidation sites excluding steroid dienone is 4. The first-order chi connectivity index (χ1) is 14.3. The third-order valence-electron chi connectivity index (χ3n) is 4.60. The maximum Gasteiger partial charge on any atom is 0.288 e. The van der Waals surface area contributed by atoms with Crippen molar-refractivity contribution in [3.8, 4) is 0 Å². The van der Waals surface area contributed by atoms with E-state index in [-0.39, 0.29) is 11.5 Å². The average Bonchev–Trinajstić information content (AvgIpc) is 2.71.